The van der Waals surface area contributed by atoms with E-state index in [2.05, 4.69) is 55.1 Å². The van der Waals surface area contributed by atoms with Gasteiger partial charge in [-0.25, -0.2) is 9.37 Å². The molecule has 12 heteroatoms. The molecule has 0 spiro atoms. The zero-order valence-electron chi connectivity index (χ0n) is 37.2. The van der Waals surface area contributed by atoms with Crippen LogP contribution in [-0.4, -0.2) is 81.0 Å². The molecule has 10 nitrogen and oxygen atoms in total. The fourth-order valence-electron chi connectivity index (χ4n) is 9.82. The number of hydrogen-bond acceptors (Lipinski definition) is 9. The van der Waals surface area contributed by atoms with E-state index in [9.17, 15) is 14.3 Å². The Morgan fingerprint density at radius 3 is 2.41 bits per heavy atom. The van der Waals surface area contributed by atoms with Gasteiger partial charge in [0.15, 0.2) is 5.43 Å². The lowest BCUT2D eigenvalue weighted by Gasteiger charge is -2.34. The Balaban J connectivity index is 0.665. The Hall–Kier alpha value is -5.69. The average molecular weight is 908 g/mol. The van der Waals surface area contributed by atoms with E-state index in [-0.39, 0.29) is 24.0 Å². The average Bonchev–Trinajstić information content (AvgIpc) is 3.70. The quantitative estimate of drug-likeness (QED) is 0.0768. The second-order valence-corrected chi connectivity index (χ2v) is 18.6. The summed E-state index contributed by atoms with van der Waals surface area (Å²) < 4.78 is 28.7. The van der Waals surface area contributed by atoms with Gasteiger partial charge in [-0.05, 0) is 97.2 Å². The fourth-order valence-corrected chi connectivity index (χ4v) is 10.1. The molecule has 4 heterocycles. The van der Waals surface area contributed by atoms with Crippen molar-refractivity contribution in [3.63, 3.8) is 0 Å². The molecule has 3 aromatic heterocycles. The van der Waals surface area contributed by atoms with E-state index in [1.54, 1.807) is 12.1 Å². The van der Waals surface area contributed by atoms with Crippen molar-refractivity contribution in [2.75, 3.05) is 44.6 Å². The first-order chi connectivity index (χ1) is 32.3. The zero-order chi connectivity index (χ0) is 45.0. The summed E-state index contributed by atoms with van der Waals surface area (Å²) in [6.07, 6.45) is 12.7. The Morgan fingerprint density at radius 1 is 0.848 bits per heavy atom. The first-order valence-electron chi connectivity index (χ1n) is 23.5. The number of piperazine rings is 1. The molecule has 10 rings (SSSR count). The van der Waals surface area contributed by atoms with Gasteiger partial charge in [-0.15, -0.1) is 0 Å². The van der Waals surface area contributed by atoms with Gasteiger partial charge in [0.2, 0.25) is 5.95 Å². The number of unbranched alkanes of at least 4 members (excludes halogenated alkanes) is 2. The second kappa shape index (κ2) is 20.0. The molecular formula is C54H56ClFN6O4. The number of alkyl halides is 1. The highest BCUT2D eigenvalue weighted by molar-refractivity contribution is 6.29. The molecule has 4 aromatic carbocycles. The van der Waals surface area contributed by atoms with Crippen LogP contribution in [-0.2, 0) is 17.9 Å². The third kappa shape index (κ3) is 10.2. The van der Waals surface area contributed by atoms with E-state index < -0.39 is 6.17 Å². The maximum absolute atomic E-state index is 14.2. The molecule has 0 radical (unpaired) electrons. The Labute approximate surface area is 389 Å². The van der Waals surface area contributed by atoms with Crippen molar-refractivity contribution in [2.24, 2.45) is 0 Å². The van der Waals surface area contributed by atoms with E-state index in [4.69, 9.17) is 25.7 Å². The molecule has 2 fully saturated rings. The van der Waals surface area contributed by atoms with Gasteiger partial charge in [-0.1, -0.05) is 90.5 Å². The van der Waals surface area contributed by atoms with Crippen molar-refractivity contribution >= 4 is 50.3 Å². The van der Waals surface area contributed by atoms with Crippen LogP contribution in [0.25, 0.3) is 55.2 Å². The first kappa shape index (κ1) is 44.2. The van der Waals surface area contributed by atoms with E-state index >= 15 is 0 Å². The predicted octanol–water partition coefficient (Wildman–Crippen LogP) is 11.2. The number of nitrogens with one attached hydrogen (secondary N) is 1. The Bertz CT molecular complexity index is 2930. The summed E-state index contributed by atoms with van der Waals surface area (Å²) in [5.41, 5.74) is 7.39. The van der Waals surface area contributed by atoms with Crippen molar-refractivity contribution < 1.29 is 18.7 Å². The summed E-state index contributed by atoms with van der Waals surface area (Å²) in [5, 5.41) is 17.4. The molecular weight excluding hydrogens is 851 g/mol. The number of aliphatic hydroxyl groups is 1. The molecule has 1 atom stereocenters. The summed E-state index contributed by atoms with van der Waals surface area (Å²) in [6.45, 7) is 7.58. The first-order valence-corrected chi connectivity index (χ1v) is 23.9. The van der Waals surface area contributed by atoms with Crippen molar-refractivity contribution in [2.45, 2.75) is 82.8 Å². The molecule has 1 saturated carbocycles. The standard InChI is InChI=1S/C54H56ClFN6O4/c55-41-28-42(56)30-43(29-41)58-54-57-32-47-48(34-62(53(47)59-54)44-17-19-45(63)20-18-44)39-12-8-36(9-13-39)33-61-25-23-60(24-26-61)22-4-1-5-27-65-35-37-10-14-40(15-11-37)51-31-49(64)52-46-7-3-2-6-38(46)16-21-50(52)66-51/h2-3,6-16,21,29-32,34,42,44-45,63H,1,4-5,17-20,22-28,33,35H2,(H,57,58,59). The number of nitrogens with zero attached hydrogens (tertiary/aromatic N) is 5. The van der Waals surface area contributed by atoms with Crippen LogP contribution in [0.2, 0.25) is 0 Å². The molecule has 340 valence electrons. The fraction of sp³-hybridized carbons (Fsp3) is 0.352. The molecule has 1 saturated heterocycles. The highest BCUT2D eigenvalue weighted by Gasteiger charge is 2.25. The number of allylic oxidation sites excluding steroid dienone is 3. The molecule has 7 aromatic rings. The van der Waals surface area contributed by atoms with Crippen LogP contribution >= 0.6 is 11.6 Å². The minimum absolute atomic E-state index is 0.0345. The third-order valence-corrected chi connectivity index (χ3v) is 13.7. The summed E-state index contributed by atoms with van der Waals surface area (Å²) in [7, 11) is 0. The van der Waals surface area contributed by atoms with Crippen molar-refractivity contribution in [3.05, 3.63) is 148 Å². The number of ether oxygens (including phenoxy) is 1. The van der Waals surface area contributed by atoms with Gasteiger partial charge in [0.25, 0.3) is 0 Å². The van der Waals surface area contributed by atoms with Gasteiger partial charge in [0, 0.05) is 97.5 Å². The number of aromatic nitrogens is 3. The molecule has 1 unspecified atom stereocenters. The summed E-state index contributed by atoms with van der Waals surface area (Å²) >= 11 is 6.19. The smallest absolute Gasteiger partial charge is 0.229 e. The lowest BCUT2D eigenvalue weighted by molar-refractivity contribution is 0.110. The highest BCUT2D eigenvalue weighted by Crippen LogP contribution is 2.37. The summed E-state index contributed by atoms with van der Waals surface area (Å²) in [6, 6.07) is 30.6. The maximum atomic E-state index is 14.2. The van der Waals surface area contributed by atoms with Gasteiger partial charge in [0.1, 0.15) is 23.2 Å². The van der Waals surface area contributed by atoms with E-state index in [0.29, 0.717) is 40.0 Å². The predicted molar refractivity (Wildman–Crippen MR) is 262 cm³/mol. The van der Waals surface area contributed by atoms with Gasteiger partial charge in [-0.3, -0.25) is 9.69 Å². The lowest BCUT2D eigenvalue weighted by atomic mass is 9.93. The van der Waals surface area contributed by atoms with Crippen molar-refractivity contribution in [3.8, 4) is 22.5 Å². The van der Waals surface area contributed by atoms with Gasteiger partial charge < -0.3 is 29.0 Å². The molecule has 2 aliphatic carbocycles. The van der Waals surface area contributed by atoms with Crippen LogP contribution in [0.15, 0.2) is 135 Å². The largest absolute Gasteiger partial charge is 0.456 e. The number of hydrogen-bond donors (Lipinski definition) is 2. The van der Waals surface area contributed by atoms with Crippen LogP contribution in [0.4, 0.5) is 10.3 Å². The van der Waals surface area contributed by atoms with Gasteiger partial charge in [0.05, 0.1) is 18.1 Å². The van der Waals surface area contributed by atoms with Crippen LogP contribution in [0.3, 0.4) is 0 Å². The van der Waals surface area contributed by atoms with E-state index in [1.165, 1.54) is 11.6 Å². The van der Waals surface area contributed by atoms with Crippen molar-refractivity contribution in [1.82, 2.24) is 24.3 Å². The topological polar surface area (TPSA) is 109 Å². The third-order valence-electron chi connectivity index (χ3n) is 13.5. The molecule has 3 aliphatic rings. The van der Waals surface area contributed by atoms with E-state index in [0.717, 1.165) is 135 Å². The van der Waals surface area contributed by atoms with Crippen molar-refractivity contribution in [1.29, 1.82) is 0 Å². The molecule has 2 N–H and O–H groups in total. The lowest BCUT2D eigenvalue weighted by Crippen LogP contribution is -2.46. The van der Waals surface area contributed by atoms with Gasteiger partial charge in [-0.2, -0.15) is 4.98 Å². The van der Waals surface area contributed by atoms with Crippen LogP contribution in [0, 0.1) is 0 Å². The number of aliphatic hydroxyl groups excluding tert-OH is 1. The number of rotatable bonds is 15. The monoisotopic (exact) mass is 906 g/mol. The van der Waals surface area contributed by atoms with Crippen LogP contribution < -0.4 is 10.7 Å². The molecule has 0 bridgehead atoms. The number of anilines is 1. The number of halogens is 2. The van der Waals surface area contributed by atoms with Gasteiger partial charge >= 0.3 is 0 Å². The minimum Gasteiger partial charge on any atom is -0.456 e. The highest BCUT2D eigenvalue weighted by atomic mass is 35.5. The molecule has 0 amide bonds. The zero-order valence-corrected chi connectivity index (χ0v) is 37.9. The maximum Gasteiger partial charge on any atom is 0.229 e. The van der Waals surface area contributed by atoms with E-state index in [1.807, 2.05) is 66.9 Å². The number of fused-ring (bicyclic) bond motifs is 4. The minimum atomic E-state index is -1.15. The molecule has 66 heavy (non-hydrogen) atoms. The number of benzene rings is 4. The summed E-state index contributed by atoms with van der Waals surface area (Å²) in [5.74, 6) is 0.963. The Kier molecular flexibility index (Phi) is 13.4. The second-order valence-electron chi connectivity index (χ2n) is 18.2. The SMILES string of the molecule is O=c1cc(-c2ccc(COCCCCCN3CCN(Cc4ccc(-c5cn(C6CCC(O)CC6)c6nc(NC7=CC(F)CC(Cl)=C7)ncc56)cc4)CC3)cc2)oc2ccc3ccccc3c12. The normalized spacial score (nSPS) is 19.7. The summed E-state index contributed by atoms with van der Waals surface area (Å²) in [4.78, 5) is 27.8. The van der Waals surface area contributed by atoms with Crippen LogP contribution in [0.1, 0.15) is 68.5 Å². The molecule has 1 aliphatic heterocycles. The Morgan fingerprint density at radius 2 is 1.61 bits per heavy atom. The van der Waals surface area contributed by atoms with Crippen LogP contribution in [0.5, 0.6) is 0 Å².